The number of rotatable bonds is 4. The molecule has 1 amide bonds. The molecular weight excluding hydrogens is 316 g/mol. The monoisotopic (exact) mass is 334 g/mol. The topological polar surface area (TPSA) is 82.8 Å². The van der Waals surface area contributed by atoms with Crippen LogP contribution in [0, 0.1) is 6.92 Å². The average Bonchev–Trinajstić information content (AvgIpc) is 2.43. The fraction of sp³-hybridized carbons (Fsp3) is 0.417. The number of aryl methyl sites for hydroxylation is 1. The van der Waals surface area contributed by atoms with Crippen LogP contribution in [0.5, 0.6) is 0 Å². The van der Waals surface area contributed by atoms with Crippen LogP contribution in [0.1, 0.15) is 15.9 Å². The zero-order valence-electron chi connectivity index (χ0n) is 11.4. The van der Waals surface area contributed by atoms with Gasteiger partial charge in [0.2, 0.25) is 0 Å². The Bertz CT molecular complexity index is 392. The highest BCUT2D eigenvalue weighted by Gasteiger charge is 2.06. The minimum atomic E-state index is -0.514. The Kier molecular flexibility index (Phi) is 9.36. The van der Waals surface area contributed by atoms with Crippen LogP contribution in [-0.4, -0.2) is 33.7 Å². The summed E-state index contributed by atoms with van der Waals surface area (Å²) < 4.78 is 14.7. The lowest BCUT2D eigenvalue weighted by molar-refractivity contribution is -0.252. The van der Waals surface area contributed by atoms with E-state index in [1.807, 2.05) is 19.1 Å². The van der Waals surface area contributed by atoms with Gasteiger partial charge in [0.25, 0.3) is 12.4 Å². The highest BCUT2D eigenvalue weighted by Crippen LogP contribution is 2.15. The van der Waals surface area contributed by atoms with Crippen LogP contribution in [0.25, 0.3) is 0 Å². The van der Waals surface area contributed by atoms with E-state index in [0.29, 0.717) is 5.56 Å². The first-order chi connectivity index (χ1) is 8.99. The summed E-state index contributed by atoms with van der Waals surface area (Å²) in [4.78, 5) is 11.1. The number of amides is 1. The third-order valence-electron chi connectivity index (χ3n) is 2.15. The van der Waals surface area contributed by atoms with Crippen LogP contribution in [0.3, 0.4) is 0 Å². The number of nitrogen functional groups attached to an aromatic ring is 1. The van der Waals surface area contributed by atoms with Crippen LogP contribution in [0.2, 0.25) is 0 Å². The fourth-order valence-corrected chi connectivity index (χ4v) is 1.57. The number of methoxy groups -OCH3 is 3. The van der Waals surface area contributed by atoms with Gasteiger partial charge < -0.3 is 14.2 Å². The van der Waals surface area contributed by atoms with E-state index in [0.717, 1.165) is 10.0 Å². The Morgan fingerprint density at radius 1 is 1.26 bits per heavy atom. The molecule has 1 aromatic rings. The van der Waals surface area contributed by atoms with Gasteiger partial charge in [-0.15, -0.1) is 0 Å². The van der Waals surface area contributed by atoms with Crippen LogP contribution in [-0.2, 0) is 14.2 Å². The molecule has 1 rings (SSSR count). The second-order valence-corrected chi connectivity index (χ2v) is 4.34. The number of hydrazine groups is 1. The summed E-state index contributed by atoms with van der Waals surface area (Å²) in [7, 11) is 4.53. The molecule has 19 heavy (non-hydrogen) atoms. The van der Waals surface area contributed by atoms with E-state index in [4.69, 9.17) is 5.84 Å². The van der Waals surface area contributed by atoms with Gasteiger partial charge in [-0.2, -0.15) is 0 Å². The van der Waals surface area contributed by atoms with Crippen molar-refractivity contribution in [3.05, 3.63) is 33.8 Å². The molecule has 3 N–H and O–H groups in total. The Hall–Kier alpha value is -0.990. The molecule has 0 unspecified atom stereocenters. The third-order valence-corrected chi connectivity index (χ3v) is 2.65. The third kappa shape index (κ3) is 6.65. The lowest BCUT2D eigenvalue weighted by Gasteiger charge is -2.08. The zero-order valence-corrected chi connectivity index (χ0v) is 13.0. The summed E-state index contributed by atoms with van der Waals surface area (Å²) in [5.41, 5.74) is 3.58. The van der Waals surface area contributed by atoms with E-state index < -0.39 is 6.48 Å². The van der Waals surface area contributed by atoms with Gasteiger partial charge in [-0.1, -0.05) is 22.0 Å². The lowest BCUT2D eigenvalue weighted by atomic mass is 10.1. The van der Waals surface area contributed by atoms with Gasteiger partial charge in [0, 0.05) is 31.4 Å². The van der Waals surface area contributed by atoms with Crippen LogP contribution < -0.4 is 11.3 Å². The normalized spacial score (nSPS) is 9.84. The molecule has 0 heterocycles. The summed E-state index contributed by atoms with van der Waals surface area (Å²) in [6, 6.07) is 5.47. The van der Waals surface area contributed by atoms with Crippen molar-refractivity contribution in [1.82, 2.24) is 5.43 Å². The summed E-state index contributed by atoms with van der Waals surface area (Å²) in [5, 5.41) is 0. The van der Waals surface area contributed by atoms with Crippen molar-refractivity contribution < 1.29 is 19.0 Å². The molecule has 0 fully saturated rings. The van der Waals surface area contributed by atoms with Gasteiger partial charge in [0.1, 0.15) is 0 Å². The molecule has 0 saturated heterocycles. The highest BCUT2D eigenvalue weighted by molar-refractivity contribution is 9.10. The minimum Gasteiger partial charge on any atom is -0.333 e. The smallest absolute Gasteiger partial charge is 0.270 e. The first kappa shape index (κ1) is 18.0. The van der Waals surface area contributed by atoms with Gasteiger partial charge in [-0.05, 0) is 24.6 Å². The molecule has 0 aliphatic carbocycles. The summed E-state index contributed by atoms with van der Waals surface area (Å²) in [6.07, 6.45) is 0. The Morgan fingerprint density at radius 3 is 2.16 bits per heavy atom. The van der Waals surface area contributed by atoms with E-state index in [-0.39, 0.29) is 5.91 Å². The number of hydrogen-bond donors (Lipinski definition) is 2. The van der Waals surface area contributed by atoms with Gasteiger partial charge in [-0.25, -0.2) is 5.84 Å². The molecular formula is C12H19BrN2O4. The van der Waals surface area contributed by atoms with Gasteiger partial charge in [0.05, 0.1) is 0 Å². The molecule has 0 bridgehead atoms. The molecule has 0 aliphatic heterocycles. The molecule has 0 spiro atoms. The Balaban J connectivity index is 0.000000399. The maximum atomic E-state index is 11.1. The lowest BCUT2D eigenvalue weighted by Crippen LogP contribution is -2.30. The van der Waals surface area contributed by atoms with Crippen molar-refractivity contribution in [2.24, 2.45) is 5.84 Å². The molecule has 1 aromatic carbocycles. The fourth-order valence-electron chi connectivity index (χ4n) is 1.21. The number of nitrogens with two attached hydrogens (primary N) is 1. The number of benzene rings is 1. The summed E-state index contributed by atoms with van der Waals surface area (Å²) in [6.45, 7) is 1.34. The van der Waals surface area contributed by atoms with Crippen molar-refractivity contribution in [2.75, 3.05) is 21.3 Å². The van der Waals surface area contributed by atoms with Crippen LogP contribution in [0.15, 0.2) is 22.7 Å². The first-order valence-corrected chi connectivity index (χ1v) is 6.14. The second kappa shape index (κ2) is 9.88. The molecule has 0 radical (unpaired) electrons. The average molecular weight is 335 g/mol. The van der Waals surface area contributed by atoms with Crippen LogP contribution >= 0.6 is 15.9 Å². The van der Waals surface area contributed by atoms with E-state index in [9.17, 15) is 4.79 Å². The first-order valence-electron chi connectivity index (χ1n) is 5.35. The van der Waals surface area contributed by atoms with Crippen molar-refractivity contribution in [2.45, 2.75) is 13.4 Å². The molecule has 7 heteroatoms. The second-order valence-electron chi connectivity index (χ2n) is 3.43. The van der Waals surface area contributed by atoms with Gasteiger partial charge in [0.15, 0.2) is 0 Å². The summed E-state index contributed by atoms with van der Waals surface area (Å²) in [5.74, 6) is 4.74. The molecule has 108 valence electrons. The largest absolute Gasteiger partial charge is 0.333 e. The highest BCUT2D eigenvalue weighted by atomic mass is 79.9. The van der Waals surface area contributed by atoms with Crippen molar-refractivity contribution in [3.63, 3.8) is 0 Å². The van der Waals surface area contributed by atoms with Crippen LogP contribution in [0.4, 0.5) is 0 Å². The molecule has 0 saturated carbocycles. The van der Waals surface area contributed by atoms with Crippen molar-refractivity contribution >= 4 is 21.8 Å². The van der Waals surface area contributed by atoms with E-state index in [1.54, 1.807) is 6.07 Å². The molecule has 6 nitrogen and oxygen atoms in total. The SMILES string of the molecule is COC(OC)OC.Cc1ccc(Br)cc1C(=O)NN. The van der Waals surface area contributed by atoms with Crippen molar-refractivity contribution in [1.29, 1.82) is 0 Å². The molecule has 0 aliphatic rings. The number of ether oxygens (including phenoxy) is 3. The number of nitrogens with one attached hydrogen (secondary N) is 1. The predicted octanol–water partition coefficient (Wildman–Crippen LogP) is 1.57. The Labute approximate surface area is 121 Å². The summed E-state index contributed by atoms with van der Waals surface area (Å²) >= 11 is 3.27. The standard InChI is InChI=1S/C8H9BrN2O.C4H10O3/c1-5-2-3-6(9)4-7(5)8(12)11-10;1-5-4(6-2)7-3/h2-4H,10H2,1H3,(H,11,12);4H,1-3H3. The number of halogens is 1. The maximum absolute atomic E-state index is 11.1. The number of carbonyl (C=O) groups excluding carboxylic acids is 1. The quantitative estimate of drug-likeness (QED) is 0.378. The minimum absolute atomic E-state index is 0.270. The molecule has 0 atom stereocenters. The predicted molar refractivity (Wildman–Crippen MR) is 75.3 cm³/mol. The number of carbonyl (C=O) groups is 1. The van der Waals surface area contributed by atoms with Gasteiger partial charge in [-0.3, -0.25) is 10.2 Å². The van der Waals surface area contributed by atoms with Gasteiger partial charge >= 0.3 is 0 Å². The van der Waals surface area contributed by atoms with E-state index in [1.165, 1.54) is 21.3 Å². The van der Waals surface area contributed by atoms with E-state index >= 15 is 0 Å². The Morgan fingerprint density at radius 2 is 1.79 bits per heavy atom. The van der Waals surface area contributed by atoms with Crippen molar-refractivity contribution in [3.8, 4) is 0 Å². The zero-order chi connectivity index (χ0) is 14.8. The molecule has 0 aromatic heterocycles. The van der Waals surface area contributed by atoms with E-state index in [2.05, 4.69) is 35.6 Å². The number of hydrogen-bond acceptors (Lipinski definition) is 5. The maximum Gasteiger partial charge on any atom is 0.270 e.